The standard InChI is InChI=1S/C23H22N4O2S/c28-22(14-27-8-10-29-11-9-27)25-17-5-3-4-16(12-17)23-26-21(15-30-23)19-13-24-20-7-2-1-6-18(19)20/h1-7,12-13,15,24H,8-11,14H2,(H,25,28). The molecule has 2 N–H and O–H groups in total. The van der Waals surface area contributed by atoms with Crippen molar-refractivity contribution >= 4 is 33.8 Å². The van der Waals surface area contributed by atoms with Crippen molar-refractivity contribution in [3.8, 4) is 21.8 Å². The van der Waals surface area contributed by atoms with Crippen LogP contribution in [-0.4, -0.2) is 53.6 Å². The number of benzene rings is 2. The Morgan fingerprint density at radius 2 is 2.03 bits per heavy atom. The van der Waals surface area contributed by atoms with Gasteiger partial charge in [-0.2, -0.15) is 0 Å². The maximum atomic E-state index is 12.4. The van der Waals surface area contributed by atoms with Gasteiger partial charge >= 0.3 is 0 Å². The van der Waals surface area contributed by atoms with Gasteiger partial charge in [0, 0.05) is 52.4 Å². The van der Waals surface area contributed by atoms with Gasteiger partial charge in [-0.05, 0) is 18.2 Å². The zero-order valence-electron chi connectivity index (χ0n) is 16.4. The minimum Gasteiger partial charge on any atom is -0.379 e. The Bertz CT molecular complexity index is 1180. The average Bonchev–Trinajstić information content (AvgIpc) is 3.42. The second kappa shape index (κ2) is 8.39. The molecule has 2 aromatic carbocycles. The monoisotopic (exact) mass is 418 g/mol. The Morgan fingerprint density at radius 3 is 2.93 bits per heavy atom. The zero-order valence-corrected chi connectivity index (χ0v) is 17.2. The lowest BCUT2D eigenvalue weighted by atomic mass is 10.1. The molecule has 1 aliphatic rings. The third kappa shape index (κ3) is 4.00. The molecular formula is C23H22N4O2S. The van der Waals surface area contributed by atoms with Crippen molar-refractivity contribution in [2.45, 2.75) is 0 Å². The fraction of sp³-hybridized carbons (Fsp3) is 0.217. The van der Waals surface area contributed by atoms with Crippen LogP contribution in [0.1, 0.15) is 0 Å². The van der Waals surface area contributed by atoms with Crippen molar-refractivity contribution in [2.24, 2.45) is 0 Å². The van der Waals surface area contributed by atoms with Gasteiger partial charge in [0.25, 0.3) is 0 Å². The number of nitrogens with one attached hydrogen (secondary N) is 2. The third-order valence-electron chi connectivity index (χ3n) is 5.23. The summed E-state index contributed by atoms with van der Waals surface area (Å²) in [5, 5.41) is 7.18. The van der Waals surface area contributed by atoms with E-state index in [4.69, 9.17) is 9.72 Å². The molecule has 30 heavy (non-hydrogen) atoms. The summed E-state index contributed by atoms with van der Waals surface area (Å²) in [5.74, 6) is -0.00679. The fourth-order valence-electron chi connectivity index (χ4n) is 3.71. The van der Waals surface area contributed by atoms with Crippen LogP contribution in [0.3, 0.4) is 0 Å². The Labute approximate surface area is 178 Å². The first-order valence-electron chi connectivity index (χ1n) is 9.99. The van der Waals surface area contributed by atoms with E-state index in [0.29, 0.717) is 19.8 Å². The first-order valence-corrected chi connectivity index (χ1v) is 10.9. The molecule has 0 saturated carbocycles. The summed E-state index contributed by atoms with van der Waals surface area (Å²) in [6.45, 7) is 3.35. The number of rotatable bonds is 5. The van der Waals surface area contributed by atoms with Crippen molar-refractivity contribution < 1.29 is 9.53 Å². The second-order valence-electron chi connectivity index (χ2n) is 7.30. The lowest BCUT2D eigenvalue weighted by molar-refractivity contribution is -0.118. The SMILES string of the molecule is O=C(CN1CCOCC1)Nc1cccc(-c2nc(-c3c[nH]c4ccccc34)cs2)c1. The van der Waals surface area contributed by atoms with Gasteiger partial charge in [0.1, 0.15) is 5.01 Å². The number of amides is 1. The molecule has 0 radical (unpaired) electrons. The van der Waals surface area contributed by atoms with Crippen LogP contribution in [0.15, 0.2) is 60.1 Å². The van der Waals surface area contributed by atoms with Crippen LogP contribution in [0.25, 0.3) is 32.7 Å². The largest absolute Gasteiger partial charge is 0.379 e. The summed E-state index contributed by atoms with van der Waals surface area (Å²) < 4.78 is 5.34. The van der Waals surface area contributed by atoms with Crippen molar-refractivity contribution in [2.75, 3.05) is 38.2 Å². The molecule has 0 spiro atoms. The number of hydrogen-bond acceptors (Lipinski definition) is 5. The molecule has 1 amide bonds. The van der Waals surface area contributed by atoms with Crippen LogP contribution < -0.4 is 5.32 Å². The molecule has 2 aromatic heterocycles. The molecule has 6 nitrogen and oxygen atoms in total. The molecule has 1 aliphatic heterocycles. The lowest BCUT2D eigenvalue weighted by Crippen LogP contribution is -2.41. The Kier molecular flexibility index (Phi) is 5.31. The first kappa shape index (κ1) is 19.0. The van der Waals surface area contributed by atoms with Crippen molar-refractivity contribution in [3.63, 3.8) is 0 Å². The van der Waals surface area contributed by atoms with Crippen molar-refractivity contribution in [1.29, 1.82) is 0 Å². The molecular weight excluding hydrogens is 396 g/mol. The highest BCUT2D eigenvalue weighted by molar-refractivity contribution is 7.13. The summed E-state index contributed by atoms with van der Waals surface area (Å²) in [6.07, 6.45) is 2.01. The van der Waals surface area contributed by atoms with Crippen LogP contribution >= 0.6 is 11.3 Å². The van der Waals surface area contributed by atoms with Crippen molar-refractivity contribution in [3.05, 3.63) is 60.1 Å². The molecule has 1 fully saturated rings. The Hall–Kier alpha value is -3.00. The molecule has 7 heteroatoms. The Balaban J connectivity index is 1.32. The van der Waals surface area contributed by atoms with E-state index < -0.39 is 0 Å². The lowest BCUT2D eigenvalue weighted by Gasteiger charge is -2.25. The fourth-order valence-corrected chi connectivity index (χ4v) is 4.52. The molecule has 0 unspecified atom stereocenters. The molecule has 4 aromatic rings. The predicted octanol–water partition coefficient (Wildman–Crippen LogP) is 4.23. The average molecular weight is 419 g/mol. The predicted molar refractivity (Wildman–Crippen MR) is 121 cm³/mol. The number of thiazole rings is 1. The summed E-state index contributed by atoms with van der Waals surface area (Å²) in [7, 11) is 0. The van der Waals surface area contributed by atoms with Gasteiger partial charge in [0.15, 0.2) is 0 Å². The number of aromatic nitrogens is 2. The molecule has 0 atom stereocenters. The van der Waals surface area contributed by atoms with E-state index in [1.807, 2.05) is 42.6 Å². The number of fused-ring (bicyclic) bond motifs is 1. The maximum absolute atomic E-state index is 12.4. The van der Waals surface area contributed by atoms with Gasteiger partial charge in [0.2, 0.25) is 5.91 Å². The number of carbonyl (C=O) groups is 1. The van der Waals surface area contributed by atoms with Crippen LogP contribution in [-0.2, 0) is 9.53 Å². The van der Waals surface area contributed by atoms with Gasteiger partial charge in [-0.15, -0.1) is 11.3 Å². The first-order chi connectivity index (χ1) is 14.8. The maximum Gasteiger partial charge on any atom is 0.238 e. The van der Waals surface area contributed by atoms with E-state index in [9.17, 15) is 4.79 Å². The summed E-state index contributed by atoms with van der Waals surface area (Å²) >= 11 is 1.61. The number of ether oxygens (including phenoxy) is 1. The quantitative estimate of drug-likeness (QED) is 0.509. The molecule has 152 valence electrons. The van der Waals surface area contributed by atoms with E-state index in [1.165, 1.54) is 5.39 Å². The van der Waals surface area contributed by atoms with Gasteiger partial charge < -0.3 is 15.0 Å². The van der Waals surface area contributed by atoms with Gasteiger partial charge in [0.05, 0.1) is 25.5 Å². The van der Waals surface area contributed by atoms with Gasteiger partial charge in [-0.3, -0.25) is 9.69 Å². The molecule has 3 heterocycles. The number of H-pyrrole nitrogens is 1. The van der Waals surface area contributed by atoms with Crippen LogP contribution in [0.4, 0.5) is 5.69 Å². The van der Waals surface area contributed by atoms with E-state index in [2.05, 4.69) is 32.7 Å². The molecule has 0 bridgehead atoms. The summed E-state index contributed by atoms with van der Waals surface area (Å²) in [4.78, 5) is 22.7. The minimum atomic E-state index is -0.00679. The number of hydrogen-bond donors (Lipinski definition) is 2. The topological polar surface area (TPSA) is 70.2 Å². The second-order valence-corrected chi connectivity index (χ2v) is 8.16. The minimum absolute atomic E-state index is 0.00679. The number of aromatic amines is 1. The third-order valence-corrected chi connectivity index (χ3v) is 6.12. The van der Waals surface area contributed by atoms with Crippen LogP contribution in [0, 0.1) is 0 Å². The highest BCUT2D eigenvalue weighted by Gasteiger charge is 2.15. The number of anilines is 1. The van der Waals surface area contributed by atoms with Gasteiger partial charge in [-0.1, -0.05) is 30.3 Å². The number of nitrogens with zero attached hydrogens (tertiary/aromatic N) is 2. The normalized spacial score (nSPS) is 14.8. The summed E-state index contributed by atoms with van der Waals surface area (Å²) in [6, 6.07) is 16.1. The smallest absolute Gasteiger partial charge is 0.238 e. The zero-order chi connectivity index (χ0) is 20.3. The molecule has 0 aliphatic carbocycles. The Morgan fingerprint density at radius 1 is 1.17 bits per heavy atom. The van der Waals surface area contributed by atoms with E-state index in [0.717, 1.165) is 46.1 Å². The highest BCUT2D eigenvalue weighted by atomic mass is 32.1. The van der Waals surface area contributed by atoms with Crippen LogP contribution in [0.5, 0.6) is 0 Å². The van der Waals surface area contributed by atoms with Gasteiger partial charge in [-0.25, -0.2) is 4.98 Å². The number of carbonyl (C=O) groups excluding carboxylic acids is 1. The summed E-state index contributed by atoms with van der Waals surface area (Å²) in [5.41, 5.74) is 4.94. The molecule has 1 saturated heterocycles. The van der Waals surface area contributed by atoms with E-state index in [1.54, 1.807) is 11.3 Å². The molecule has 5 rings (SSSR count). The van der Waals surface area contributed by atoms with Crippen LogP contribution in [0.2, 0.25) is 0 Å². The van der Waals surface area contributed by atoms with E-state index in [-0.39, 0.29) is 5.91 Å². The number of morpholine rings is 1. The van der Waals surface area contributed by atoms with Crippen molar-refractivity contribution in [1.82, 2.24) is 14.9 Å². The van der Waals surface area contributed by atoms with E-state index >= 15 is 0 Å². The highest BCUT2D eigenvalue weighted by Crippen LogP contribution is 2.33. The number of para-hydroxylation sites is 1.